The molecule has 8 heteroatoms. The molecule has 200 valence electrons. The van der Waals surface area contributed by atoms with Crippen LogP contribution in [0.15, 0.2) is 71.3 Å². The molecule has 0 saturated heterocycles. The molecule has 0 unspecified atom stereocenters. The van der Waals surface area contributed by atoms with Gasteiger partial charge in [-0.3, -0.25) is 10.1 Å². The van der Waals surface area contributed by atoms with Crippen LogP contribution in [-0.4, -0.2) is 13.3 Å². The first-order chi connectivity index (χ1) is 17.8. The second-order valence-electron chi connectivity index (χ2n) is 10.6. The van der Waals surface area contributed by atoms with Crippen LogP contribution in [0.1, 0.15) is 93.2 Å². The number of rotatable bonds is 7. The number of nitro groups is 1. The van der Waals surface area contributed by atoms with Crippen LogP contribution in [0.4, 0.5) is 10.1 Å². The highest BCUT2D eigenvalue weighted by Gasteiger charge is 2.45. The van der Waals surface area contributed by atoms with Crippen molar-refractivity contribution < 1.29 is 17.7 Å². The minimum atomic E-state index is -4.35. The SMILES string of the molecule is CC(C)c1cc(C(C)C)c(S(=O)(=O)N2c3ccccc3C=C([N+](=O)[O-])[C@@H]2c2ccc(F)cc2)c(C(C)C)c1. The first kappa shape index (κ1) is 27.5. The lowest BCUT2D eigenvalue weighted by molar-refractivity contribution is -0.428. The fraction of sp³-hybridized carbons (Fsp3) is 0.333. The summed E-state index contributed by atoms with van der Waals surface area (Å²) in [7, 11) is -4.35. The van der Waals surface area contributed by atoms with Gasteiger partial charge in [0.1, 0.15) is 5.82 Å². The number of fused-ring (bicyclic) bond motifs is 1. The molecule has 1 atom stereocenters. The lowest BCUT2D eigenvalue weighted by atomic mass is 9.89. The van der Waals surface area contributed by atoms with E-state index < -0.39 is 26.8 Å². The number of nitrogens with zero attached hydrogens (tertiary/aromatic N) is 2. The van der Waals surface area contributed by atoms with Gasteiger partial charge >= 0.3 is 0 Å². The standard InChI is InChI=1S/C30H33FN2O4S/c1-18(2)23-15-25(19(3)4)30(26(16-23)20(5)6)38(36,37)32-27-10-8-7-9-22(27)17-28(33(34)35)29(32)21-11-13-24(31)14-12-21/h7-20,29H,1-6H3/t29-/m0/s1. The Bertz CT molecular complexity index is 1480. The predicted octanol–water partition coefficient (Wildman–Crippen LogP) is 7.76. The number of hydrogen-bond acceptors (Lipinski definition) is 4. The van der Waals surface area contributed by atoms with Crippen molar-refractivity contribution >= 4 is 21.8 Å². The van der Waals surface area contributed by atoms with Gasteiger partial charge in [0, 0.05) is 11.6 Å². The highest BCUT2D eigenvalue weighted by atomic mass is 32.2. The Labute approximate surface area is 224 Å². The Balaban J connectivity index is 2.11. The maximum atomic E-state index is 14.9. The molecule has 1 heterocycles. The predicted molar refractivity (Wildman–Crippen MR) is 149 cm³/mol. The molecule has 0 saturated carbocycles. The van der Waals surface area contributed by atoms with E-state index in [9.17, 15) is 22.9 Å². The van der Waals surface area contributed by atoms with Crippen molar-refractivity contribution in [2.24, 2.45) is 0 Å². The van der Waals surface area contributed by atoms with Crippen molar-refractivity contribution in [2.45, 2.75) is 70.2 Å². The van der Waals surface area contributed by atoms with Crippen LogP contribution in [-0.2, 0) is 10.0 Å². The summed E-state index contributed by atoms with van der Waals surface area (Å²) in [5, 5.41) is 12.3. The van der Waals surface area contributed by atoms with E-state index in [-0.39, 0.29) is 28.3 Å². The van der Waals surface area contributed by atoms with Gasteiger partial charge in [0.2, 0.25) is 0 Å². The minimum absolute atomic E-state index is 0.120. The maximum absolute atomic E-state index is 14.9. The van der Waals surface area contributed by atoms with Crippen molar-refractivity contribution in [3.8, 4) is 0 Å². The lowest BCUT2D eigenvalue weighted by Crippen LogP contribution is -2.40. The number of halogens is 1. The molecule has 0 aromatic heterocycles. The molecule has 3 aromatic rings. The fourth-order valence-corrected chi connectivity index (χ4v) is 7.28. The zero-order valence-electron chi connectivity index (χ0n) is 22.5. The summed E-state index contributed by atoms with van der Waals surface area (Å²) in [5.74, 6) is -0.565. The number of para-hydroxylation sites is 1. The van der Waals surface area contributed by atoms with E-state index >= 15 is 0 Å². The Morgan fingerprint density at radius 2 is 1.42 bits per heavy atom. The smallest absolute Gasteiger partial charge is 0.259 e. The molecule has 0 spiro atoms. The summed E-state index contributed by atoms with van der Waals surface area (Å²) < 4.78 is 44.8. The zero-order valence-corrected chi connectivity index (χ0v) is 23.3. The number of anilines is 1. The normalized spacial score (nSPS) is 15.7. The van der Waals surface area contributed by atoms with Crippen LogP contribution in [0.2, 0.25) is 0 Å². The molecule has 4 rings (SSSR count). The largest absolute Gasteiger partial charge is 0.274 e. The summed E-state index contributed by atoms with van der Waals surface area (Å²) >= 11 is 0. The Morgan fingerprint density at radius 3 is 1.92 bits per heavy atom. The monoisotopic (exact) mass is 536 g/mol. The lowest BCUT2D eigenvalue weighted by Gasteiger charge is -2.36. The molecule has 3 aromatic carbocycles. The highest BCUT2D eigenvalue weighted by Crippen LogP contribution is 2.47. The Kier molecular flexibility index (Phi) is 7.48. The molecule has 0 aliphatic carbocycles. The first-order valence-electron chi connectivity index (χ1n) is 12.8. The molecule has 38 heavy (non-hydrogen) atoms. The second-order valence-corrected chi connectivity index (χ2v) is 12.4. The van der Waals surface area contributed by atoms with E-state index in [1.54, 1.807) is 24.3 Å². The highest BCUT2D eigenvalue weighted by molar-refractivity contribution is 7.93. The Morgan fingerprint density at radius 1 is 0.868 bits per heavy atom. The third kappa shape index (κ3) is 4.85. The fourth-order valence-electron chi connectivity index (χ4n) is 4.97. The van der Waals surface area contributed by atoms with Gasteiger partial charge in [0.05, 0.1) is 15.5 Å². The topological polar surface area (TPSA) is 80.5 Å². The van der Waals surface area contributed by atoms with Crippen molar-refractivity contribution in [3.05, 3.63) is 110 Å². The Hall–Kier alpha value is -3.52. The molecule has 0 N–H and O–H groups in total. The molecule has 0 radical (unpaired) electrons. The first-order valence-corrected chi connectivity index (χ1v) is 14.2. The van der Waals surface area contributed by atoms with Crippen LogP contribution in [0, 0.1) is 15.9 Å². The minimum Gasteiger partial charge on any atom is -0.259 e. The number of sulfonamides is 1. The number of benzene rings is 3. The van der Waals surface area contributed by atoms with Gasteiger partial charge in [-0.1, -0.05) is 84.0 Å². The molecule has 1 aliphatic heterocycles. The summed E-state index contributed by atoms with van der Waals surface area (Å²) in [6.45, 7) is 11.9. The molecule has 1 aliphatic rings. The summed E-state index contributed by atoms with van der Waals surface area (Å²) in [4.78, 5) is 12.0. The number of hydrogen-bond donors (Lipinski definition) is 0. The molecular formula is C30H33FN2O4S. The van der Waals surface area contributed by atoms with Crippen LogP contribution < -0.4 is 4.31 Å². The van der Waals surface area contributed by atoms with Gasteiger partial charge in [-0.15, -0.1) is 0 Å². The van der Waals surface area contributed by atoms with Gasteiger partial charge < -0.3 is 0 Å². The molecule has 0 fully saturated rings. The summed E-state index contributed by atoms with van der Waals surface area (Å²) in [5.41, 5.74) is 3.16. The average molecular weight is 537 g/mol. The van der Waals surface area contributed by atoms with Gasteiger partial charge in [-0.25, -0.2) is 17.1 Å². The van der Waals surface area contributed by atoms with Crippen LogP contribution in [0.3, 0.4) is 0 Å². The van der Waals surface area contributed by atoms with Crippen molar-refractivity contribution in [1.29, 1.82) is 0 Å². The molecule has 0 bridgehead atoms. The summed E-state index contributed by atoms with van der Waals surface area (Å²) in [6, 6.07) is 14.5. The third-order valence-electron chi connectivity index (χ3n) is 6.99. The molecular weight excluding hydrogens is 503 g/mol. The average Bonchev–Trinajstić information content (AvgIpc) is 2.86. The van der Waals surface area contributed by atoms with E-state index in [0.29, 0.717) is 27.9 Å². The van der Waals surface area contributed by atoms with E-state index in [0.717, 1.165) is 9.87 Å². The molecule has 6 nitrogen and oxygen atoms in total. The van der Waals surface area contributed by atoms with E-state index in [4.69, 9.17) is 0 Å². The van der Waals surface area contributed by atoms with Gasteiger partial charge in [0.15, 0.2) is 6.04 Å². The van der Waals surface area contributed by atoms with Crippen LogP contribution in [0.25, 0.3) is 6.08 Å². The third-order valence-corrected chi connectivity index (χ3v) is 8.90. The quantitative estimate of drug-likeness (QED) is 0.228. The van der Waals surface area contributed by atoms with Crippen LogP contribution in [0.5, 0.6) is 0 Å². The second kappa shape index (κ2) is 10.3. The zero-order chi connectivity index (χ0) is 27.9. The maximum Gasteiger partial charge on any atom is 0.274 e. The van der Waals surface area contributed by atoms with E-state index in [1.165, 1.54) is 30.3 Å². The van der Waals surface area contributed by atoms with Gasteiger partial charge in [-0.2, -0.15) is 0 Å². The molecule has 0 amide bonds. The van der Waals surface area contributed by atoms with Crippen molar-refractivity contribution in [3.63, 3.8) is 0 Å². The van der Waals surface area contributed by atoms with Crippen molar-refractivity contribution in [2.75, 3.05) is 4.31 Å². The van der Waals surface area contributed by atoms with E-state index in [1.807, 2.05) is 39.8 Å². The van der Waals surface area contributed by atoms with E-state index in [2.05, 4.69) is 13.8 Å². The van der Waals surface area contributed by atoms with Crippen LogP contribution >= 0.6 is 0 Å². The summed E-state index contributed by atoms with van der Waals surface area (Å²) in [6.07, 6.45) is 1.41. The van der Waals surface area contributed by atoms with Crippen molar-refractivity contribution in [1.82, 2.24) is 0 Å². The van der Waals surface area contributed by atoms with Gasteiger partial charge in [-0.05, 0) is 58.2 Å². The van der Waals surface area contributed by atoms with Gasteiger partial charge in [0.25, 0.3) is 15.7 Å².